The Morgan fingerprint density at radius 2 is 2.25 bits per heavy atom. The zero-order valence-electron chi connectivity index (χ0n) is 9.86. The molecule has 1 amide bonds. The van der Waals surface area contributed by atoms with E-state index < -0.39 is 12.0 Å². The highest BCUT2D eigenvalue weighted by Gasteiger charge is 2.18. The Bertz CT molecular complexity index is 233. The van der Waals surface area contributed by atoms with Crippen molar-refractivity contribution in [2.45, 2.75) is 31.9 Å². The van der Waals surface area contributed by atoms with E-state index in [-0.39, 0.29) is 5.60 Å². The maximum Gasteiger partial charge on any atom is 0.327 e. The van der Waals surface area contributed by atoms with Crippen molar-refractivity contribution in [1.29, 1.82) is 0 Å². The van der Waals surface area contributed by atoms with Gasteiger partial charge in [-0.15, -0.1) is 0 Å². The summed E-state index contributed by atoms with van der Waals surface area (Å²) >= 11 is 1.49. The summed E-state index contributed by atoms with van der Waals surface area (Å²) in [6, 6.07) is -0.812. The molecule has 0 aromatic carbocycles. The molecule has 6 heteroatoms. The van der Waals surface area contributed by atoms with Gasteiger partial charge in [-0.05, 0) is 26.0 Å². The van der Waals surface area contributed by atoms with Crippen LogP contribution in [0.25, 0.3) is 0 Å². The minimum atomic E-state index is -1.01. The monoisotopic (exact) mass is 249 g/mol. The highest BCUT2D eigenvalue weighted by Crippen LogP contribution is 2.17. The SMILES string of the molecule is COC(C)(C)CCSCC(NC=O)C(=O)O. The zero-order valence-corrected chi connectivity index (χ0v) is 10.7. The highest BCUT2D eigenvalue weighted by atomic mass is 32.2. The van der Waals surface area contributed by atoms with Crippen LogP contribution in [0.1, 0.15) is 20.3 Å². The van der Waals surface area contributed by atoms with E-state index in [1.54, 1.807) is 7.11 Å². The third kappa shape index (κ3) is 6.68. The van der Waals surface area contributed by atoms with Crippen LogP contribution in [0, 0.1) is 0 Å². The fourth-order valence-electron chi connectivity index (χ4n) is 0.894. The quantitative estimate of drug-likeness (QED) is 0.465. The first-order valence-corrected chi connectivity index (χ1v) is 6.14. The highest BCUT2D eigenvalue weighted by molar-refractivity contribution is 7.99. The molecule has 16 heavy (non-hydrogen) atoms. The van der Waals surface area contributed by atoms with Crippen LogP contribution in [-0.4, -0.2) is 47.7 Å². The average molecular weight is 249 g/mol. The average Bonchev–Trinajstić information content (AvgIpc) is 2.22. The number of carbonyl (C=O) groups excluding carboxylic acids is 1. The van der Waals surface area contributed by atoms with Gasteiger partial charge in [0.15, 0.2) is 0 Å². The van der Waals surface area contributed by atoms with Crippen LogP contribution in [0.5, 0.6) is 0 Å². The molecule has 1 unspecified atom stereocenters. The number of thioether (sulfide) groups is 1. The summed E-state index contributed by atoms with van der Waals surface area (Å²) in [5.41, 5.74) is -0.191. The maximum atomic E-state index is 10.7. The number of aliphatic carboxylic acids is 1. The molecule has 0 aromatic heterocycles. The van der Waals surface area contributed by atoms with Gasteiger partial charge < -0.3 is 15.2 Å². The number of methoxy groups -OCH3 is 1. The molecule has 0 spiro atoms. The van der Waals surface area contributed by atoms with E-state index in [1.807, 2.05) is 13.8 Å². The number of ether oxygens (including phenoxy) is 1. The second kappa shape index (κ2) is 7.51. The van der Waals surface area contributed by atoms with E-state index in [4.69, 9.17) is 9.84 Å². The smallest absolute Gasteiger partial charge is 0.327 e. The number of carboxylic acids is 1. The number of hydrogen-bond donors (Lipinski definition) is 2. The van der Waals surface area contributed by atoms with Crippen LogP contribution in [0.2, 0.25) is 0 Å². The summed E-state index contributed by atoms with van der Waals surface area (Å²) in [6.07, 6.45) is 1.25. The molecule has 2 N–H and O–H groups in total. The standard InChI is InChI=1S/C10H19NO4S/c1-10(2,15-3)4-5-16-6-8(9(13)14)11-7-12/h7-8H,4-6H2,1-3H3,(H,11,12)(H,13,14). The van der Waals surface area contributed by atoms with Gasteiger partial charge in [0.1, 0.15) is 6.04 Å². The lowest BCUT2D eigenvalue weighted by Crippen LogP contribution is -2.38. The molecule has 0 aliphatic carbocycles. The molecule has 0 fully saturated rings. The molecule has 0 bridgehead atoms. The second-order valence-electron chi connectivity index (χ2n) is 3.96. The van der Waals surface area contributed by atoms with E-state index in [1.165, 1.54) is 11.8 Å². The van der Waals surface area contributed by atoms with Gasteiger partial charge in [-0.2, -0.15) is 11.8 Å². The Hall–Kier alpha value is -0.750. The first kappa shape index (κ1) is 15.2. The van der Waals surface area contributed by atoms with Gasteiger partial charge in [0.05, 0.1) is 5.60 Å². The number of carbonyl (C=O) groups is 2. The topological polar surface area (TPSA) is 75.6 Å². The van der Waals surface area contributed by atoms with Crippen LogP contribution < -0.4 is 5.32 Å². The van der Waals surface area contributed by atoms with Gasteiger partial charge in [0, 0.05) is 12.9 Å². The fraction of sp³-hybridized carbons (Fsp3) is 0.800. The summed E-state index contributed by atoms with van der Waals surface area (Å²) < 4.78 is 5.24. The van der Waals surface area contributed by atoms with Crippen LogP contribution >= 0.6 is 11.8 Å². The van der Waals surface area contributed by atoms with E-state index in [0.29, 0.717) is 12.2 Å². The summed E-state index contributed by atoms with van der Waals surface area (Å²) in [6.45, 7) is 3.96. The van der Waals surface area contributed by atoms with Crippen LogP contribution in [0.3, 0.4) is 0 Å². The van der Waals surface area contributed by atoms with E-state index >= 15 is 0 Å². The molecule has 1 atom stereocenters. The Kier molecular flexibility index (Phi) is 7.16. The normalized spacial score (nSPS) is 13.2. The number of carboxylic acid groups (broad SMARTS) is 1. The minimum Gasteiger partial charge on any atom is -0.480 e. The molecule has 0 saturated heterocycles. The van der Waals surface area contributed by atoms with Crippen molar-refractivity contribution >= 4 is 24.1 Å². The molecule has 0 radical (unpaired) electrons. The Morgan fingerprint density at radius 3 is 2.69 bits per heavy atom. The van der Waals surface area contributed by atoms with Gasteiger partial charge in [0.2, 0.25) is 6.41 Å². The molecule has 0 rings (SSSR count). The van der Waals surface area contributed by atoms with Crippen LogP contribution in [-0.2, 0) is 14.3 Å². The third-order valence-electron chi connectivity index (χ3n) is 2.25. The number of rotatable bonds is 9. The Balaban J connectivity index is 3.78. The van der Waals surface area contributed by atoms with Gasteiger partial charge >= 0.3 is 5.97 Å². The van der Waals surface area contributed by atoms with Crippen molar-refractivity contribution in [2.75, 3.05) is 18.6 Å². The van der Waals surface area contributed by atoms with Crippen LogP contribution in [0.4, 0.5) is 0 Å². The first-order chi connectivity index (χ1) is 7.43. The summed E-state index contributed by atoms with van der Waals surface area (Å²) in [5.74, 6) is 0.157. The predicted molar refractivity (Wildman–Crippen MR) is 63.7 cm³/mol. The summed E-state index contributed by atoms with van der Waals surface area (Å²) in [4.78, 5) is 20.8. The van der Waals surface area contributed by atoms with Gasteiger partial charge in [-0.3, -0.25) is 4.79 Å². The number of nitrogens with one attached hydrogen (secondary N) is 1. The van der Waals surface area contributed by atoms with E-state index in [9.17, 15) is 9.59 Å². The largest absolute Gasteiger partial charge is 0.480 e. The van der Waals surface area contributed by atoms with E-state index in [2.05, 4.69) is 5.32 Å². The zero-order chi connectivity index (χ0) is 12.6. The summed E-state index contributed by atoms with van der Waals surface area (Å²) in [5, 5.41) is 11.0. The fourth-order valence-corrected chi connectivity index (χ4v) is 2.17. The molecule has 0 aromatic rings. The molecule has 5 nitrogen and oxygen atoms in total. The molecule has 0 saturated carbocycles. The van der Waals surface area contributed by atoms with Crippen molar-refractivity contribution in [3.8, 4) is 0 Å². The Labute approximate surface area is 99.9 Å². The predicted octanol–water partition coefficient (Wildman–Crippen LogP) is 0.734. The lowest BCUT2D eigenvalue weighted by atomic mass is 10.1. The Morgan fingerprint density at radius 1 is 1.62 bits per heavy atom. The van der Waals surface area contributed by atoms with Gasteiger partial charge in [-0.25, -0.2) is 4.79 Å². The van der Waals surface area contributed by atoms with Crippen molar-refractivity contribution < 1.29 is 19.4 Å². The molecule has 0 aliphatic heterocycles. The van der Waals surface area contributed by atoms with Crippen molar-refractivity contribution in [2.24, 2.45) is 0 Å². The molecule has 0 heterocycles. The molecule has 0 aliphatic rings. The third-order valence-corrected chi connectivity index (χ3v) is 3.31. The van der Waals surface area contributed by atoms with Crippen molar-refractivity contribution in [3.05, 3.63) is 0 Å². The van der Waals surface area contributed by atoms with Gasteiger partial charge in [0.25, 0.3) is 0 Å². The lowest BCUT2D eigenvalue weighted by molar-refractivity contribution is -0.139. The molecular formula is C10H19NO4S. The second-order valence-corrected chi connectivity index (χ2v) is 5.11. The summed E-state index contributed by atoms with van der Waals surface area (Å²) in [7, 11) is 1.65. The van der Waals surface area contributed by atoms with E-state index in [0.717, 1.165) is 12.2 Å². The van der Waals surface area contributed by atoms with Crippen molar-refractivity contribution in [3.63, 3.8) is 0 Å². The minimum absolute atomic E-state index is 0.191. The molecular weight excluding hydrogens is 230 g/mol. The maximum absolute atomic E-state index is 10.7. The van der Waals surface area contributed by atoms with Crippen LogP contribution in [0.15, 0.2) is 0 Å². The van der Waals surface area contributed by atoms with Crippen molar-refractivity contribution in [1.82, 2.24) is 5.32 Å². The number of hydrogen-bond acceptors (Lipinski definition) is 4. The first-order valence-electron chi connectivity index (χ1n) is 4.98. The molecule has 94 valence electrons. The lowest BCUT2D eigenvalue weighted by Gasteiger charge is -2.22. The number of amides is 1. The van der Waals surface area contributed by atoms with Gasteiger partial charge in [-0.1, -0.05) is 0 Å².